The Morgan fingerprint density at radius 3 is 2.70 bits per heavy atom. The van der Waals surface area contributed by atoms with E-state index >= 15 is 0 Å². The first-order chi connectivity index (χ1) is 11.0. The first-order valence-corrected chi connectivity index (χ1v) is 8.42. The second kappa shape index (κ2) is 8.17. The van der Waals surface area contributed by atoms with Crippen LogP contribution in [0.5, 0.6) is 11.5 Å². The van der Waals surface area contributed by atoms with Crippen LogP contribution in [0.2, 0.25) is 4.47 Å². The molecule has 0 spiro atoms. The average molecular weight is 355 g/mol. The SMILES string of the molecule is COc1ccccc1OCCNC(=O)c1nc(Cl)sc1C(C)C. The van der Waals surface area contributed by atoms with Crippen molar-refractivity contribution in [3.63, 3.8) is 0 Å². The molecule has 0 saturated heterocycles. The van der Waals surface area contributed by atoms with Gasteiger partial charge in [0.15, 0.2) is 16.0 Å². The van der Waals surface area contributed by atoms with Crippen LogP contribution in [0.1, 0.15) is 35.1 Å². The largest absolute Gasteiger partial charge is 0.493 e. The van der Waals surface area contributed by atoms with Gasteiger partial charge < -0.3 is 14.8 Å². The summed E-state index contributed by atoms with van der Waals surface area (Å²) in [5.74, 6) is 1.27. The van der Waals surface area contributed by atoms with Gasteiger partial charge in [-0.1, -0.05) is 37.6 Å². The second-order valence-electron chi connectivity index (χ2n) is 5.09. The van der Waals surface area contributed by atoms with Gasteiger partial charge in [0, 0.05) is 4.88 Å². The van der Waals surface area contributed by atoms with E-state index in [9.17, 15) is 4.79 Å². The normalized spacial score (nSPS) is 10.7. The van der Waals surface area contributed by atoms with Crippen molar-refractivity contribution in [3.05, 3.63) is 39.3 Å². The Bertz CT molecular complexity index is 673. The lowest BCUT2D eigenvalue weighted by atomic mass is 10.1. The Morgan fingerprint density at radius 2 is 2.04 bits per heavy atom. The number of carbonyl (C=O) groups excluding carboxylic acids is 1. The Labute approximate surface area is 144 Å². The van der Waals surface area contributed by atoms with Crippen molar-refractivity contribution in [2.45, 2.75) is 19.8 Å². The van der Waals surface area contributed by atoms with E-state index in [-0.39, 0.29) is 11.8 Å². The van der Waals surface area contributed by atoms with Crippen molar-refractivity contribution in [1.82, 2.24) is 10.3 Å². The molecular formula is C16H19ClN2O3S. The molecule has 1 aromatic carbocycles. The molecule has 0 aliphatic carbocycles. The molecule has 0 bridgehead atoms. The molecule has 0 aliphatic heterocycles. The van der Waals surface area contributed by atoms with Gasteiger partial charge in [-0.3, -0.25) is 4.79 Å². The molecule has 7 heteroatoms. The van der Waals surface area contributed by atoms with E-state index in [4.69, 9.17) is 21.1 Å². The number of ether oxygens (including phenoxy) is 2. The van der Waals surface area contributed by atoms with Crippen molar-refractivity contribution in [2.24, 2.45) is 0 Å². The number of para-hydroxylation sites is 2. The van der Waals surface area contributed by atoms with Crippen molar-refractivity contribution in [3.8, 4) is 11.5 Å². The van der Waals surface area contributed by atoms with Gasteiger partial charge in [0.2, 0.25) is 0 Å². The zero-order valence-corrected chi connectivity index (χ0v) is 14.8. The fourth-order valence-electron chi connectivity index (χ4n) is 2.01. The van der Waals surface area contributed by atoms with Crippen LogP contribution < -0.4 is 14.8 Å². The lowest BCUT2D eigenvalue weighted by Crippen LogP contribution is -2.29. The molecule has 5 nitrogen and oxygen atoms in total. The van der Waals surface area contributed by atoms with Crippen molar-refractivity contribution in [2.75, 3.05) is 20.3 Å². The van der Waals surface area contributed by atoms with Gasteiger partial charge in [-0.25, -0.2) is 4.98 Å². The number of amides is 1. The molecule has 0 radical (unpaired) electrons. The van der Waals surface area contributed by atoms with Crippen LogP contribution in [0.15, 0.2) is 24.3 Å². The first kappa shape index (κ1) is 17.6. The van der Waals surface area contributed by atoms with Gasteiger partial charge in [-0.05, 0) is 18.1 Å². The molecule has 1 amide bonds. The van der Waals surface area contributed by atoms with E-state index in [0.717, 1.165) is 4.88 Å². The third kappa shape index (κ3) is 4.59. The highest BCUT2D eigenvalue weighted by Crippen LogP contribution is 2.29. The molecule has 2 rings (SSSR count). The van der Waals surface area contributed by atoms with E-state index in [2.05, 4.69) is 10.3 Å². The molecule has 1 N–H and O–H groups in total. The molecule has 0 fully saturated rings. The smallest absolute Gasteiger partial charge is 0.271 e. The number of rotatable bonds is 7. The molecule has 1 heterocycles. The Balaban J connectivity index is 1.88. The van der Waals surface area contributed by atoms with Gasteiger partial charge in [0.25, 0.3) is 5.91 Å². The summed E-state index contributed by atoms with van der Waals surface area (Å²) in [4.78, 5) is 17.2. The minimum atomic E-state index is -0.236. The maximum Gasteiger partial charge on any atom is 0.271 e. The van der Waals surface area contributed by atoms with Gasteiger partial charge in [0.1, 0.15) is 12.3 Å². The number of nitrogens with one attached hydrogen (secondary N) is 1. The minimum absolute atomic E-state index is 0.200. The standard InChI is InChI=1S/C16H19ClN2O3S/c1-10(2)14-13(19-16(17)23-14)15(20)18-8-9-22-12-7-5-4-6-11(12)21-3/h4-7,10H,8-9H2,1-3H3,(H,18,20). The monoisotopic (exact) mass is 354 g/mol. The summed E-state index contributed by atoms with van der Waals surface area (Å²) in [6.07, 6.45) is 0. The summed E-state index contributed by atoms with van der Waals surface area (Å²) in [6, 6.07) is 7.37. The van der Waals surface area contributed by atoms with Crippen LogP contribution in [0.3, 0.4) is 0 Å². The number of hydrogen-bond acceptors (Lipinski definition) is 5. The quantitative estimate of drug-likeness (QED) is 0.769. The van der Waals surface area contributed by atoms with E-state index in [1.54, 1.807) is 7.11 Å². The number of nitrogens with zero attached hydrogens (tertiary/aromatic N) is 1. The number of thiazole rings is 1. The number of aromatic nitrogens is 1. The maximum absolute atomic E-state index is 12.2. The van der Waals surface area contributed by atoms with Crippen LogP contribution in [0, 0.1) is 0 Å². The number of benzene rings is 1. The van der Waals surface area contributed by atoms with Gasteiger partial charge in [-0.2, -0.15) is 0 Å². The van der Waals surface area contributed by atoms with E-state index in [1.807, 2.05) is 38.1 Å². The lowest BCUT2D eigenvalue weighted by Gasteiger charge is -2.11. The number of methoxy groups -OCH3 is 1. The Morgan fingerprint density at radius 1 is 1.35 bits per heavy atom. The van der Waals surface area contributed by atoms with Crippen LogP contribution in [0.4, 0.5) is 0 Å². The van der Waals surface area contributed by atoms with E-state index < -0.39 is 0 Å². The maximum atomic E-state index is 12.2. The van der Waals surface area contributed by atoms with Crippen molar-refractivity contribution in [1.29, 1.82) is 0 Å². The molecule has 2 aromatic rings. The fraction of sp³-hybridized carbons (Fsp3) is 0.375. The van der Waals surface area contributed by atoms with Gasteiger partial charge in [-0.15, -0.1) is 11.3 Å². The Kier molecular flexibility index (Phi) is 6.24. The van der Waals surface area contributed by atoms with Crippen LogP contribution in [-0.2, 0) is 0 Å². The summed E-state index contributed by atoms with van der Waals surface area (Å²) in [6.45, 7) is 4.71. The summed E-state index contributed by atoms with van der Waals surface area (Å²) in [5.41, 5.74) is 0.396. The third-order valence-electron chi connectivity index (χ3n) is 3.08. The van der Waals surface area contributed by atoms with Crippen LogP contribution in [-0.4, -0.2) is 31.2 Å². The van der Waals surface area contributed by atoms with Crippen LogP contribution in [0.25, 0.3) is 0 Å². The number of hydrogen-bond donors (Lipinski definition) is 1. The van der Waals surface area contributed by atoms with E-state index in [0.29, 0.717) is 34.8 Å². The molecule has 23 heavy (non-hydrogen) atoms. The predicted molar refractivity (Wildman–Crippen MR) is 92.0 cm³/mol. The molecule has 1 aromatic heterocycles. The molecule has 0 unspecified atom stereocenters. The number of halogens is 1. The molecule has 0 saturated carbocycles. The topological polar surface area (TPSA) is 60.5 Å². The van der Waals surface area contributed by atoms with Gasteiger partial charge in [0.05, 0.1) is 13.7 Å². The predicted octanol–water partition coefficient (Wildman–Crippen LogP) is 3.74. The zero-order valence-electron chi connectivity index (χ0n) is 13.3. The van der Waals surface area contributed by atoms with Crippen LogP contribution >= 0.6 is 22.9 Å². The van der Waals surface area contributed by atoms with Gasteiger partial charge >= 0.3 is 0 Å². The summed E-state index contributed by atoms with van der Waals surface area (Å²) < 4.78 is 11.2. The highest BCUT2D eigenvalue weighted by atomic mass is 35.5. The lowest BCUT2D eigenvalue weighted by molar-refractivity contribution is 0.0941. The van der Waals surface area contributed by atoms with Crippen molar-refractivity contribution < 1.29 is 14.3 Å². The van der Waals surface area contributed by atoms with Crippen molar-refractivity contribution >= 4 is 28.8 Å². The first-order valence-electron chi connectivity index (χ1n) is 7.23. The number of carbonyl (C=O) groups is 1. The van der Waals surface area contributed by atoms with E-state index in [1.165, 1.54) is 11.3 Å². The average Bonchev–Trinajstić information content (AvgIpc) is 2.94. The summed E-state index contributed by atoms with van der Waals surface area (Å²) in [7, 11) is 1.59. The highest BCUT2D eigenvalue weighted by molar-refractivity contribution is 7.16. The Hall–Kier alpha value is -1.79. The summed E-state index contributed by atoms with van der Waals surface area (Å²) >= 11 is 7.25. The molecular weight excluding hydrogens is 336 g/mol. The molecule has 0 atom stereocenters. The zero-order chi connectivity index (χ0) is 16.8. The summed E-state index contributed by atoms with van der Waals surface area (Å²) in [5, 5.41) is 2.80. The molecule has 124 valence electrons. The highest BCUT2D eigenvalue weighted by Gasteiger charge is 2.19. The fourth-order valence-corrected chi connectivity index (χ4v) is 3.13. The third-order valence-corrected chi connectivity index (χ3v) is 4.54. The minimum Gasteiger partial charge on any atom is -0.493 e. The second-order valence-corrected chi connectivity index (χ2v) is 6.70. The molecule has 0 aliphatic rings.